The van der Waals surface area contributed by atoms with Crippen LogP contribution in [0.4, 0.5) is 11.4 Å². The predicted molar refractivity (Wildman–Crippen MR) is 71.4 cm³/mol. The van der Waals surface area contributed by atoms with Crippen LogP contribution in [-0.4, -0.2) is 19.0 Å². The van der Waals surface area contributed by atoms with Gasteiger partial charge >= 0.3 is 0 Å². The maximum Gasteiger partial charge on any atom is 0.227 e. The zero-order valence-electron chi connectivity index (χ0n) is 10.6. The lowest BCUT2D eigenvalue weighted by Crippen LogP contribution is -2.32. The number of hydrogen-bond acceptors (Lipinski definition) is 2. The molecule has 92 valence electrons. The summed E-state index contributed by atoms with van der Waals surface area (Å²) in [4.78, 5) is 14.1. The Morgan fingerprint density at radius 2 is 2.18 bits per heavy atom. The Labute approximate surface area is 103 Å². The molecule has 1 amide bonds. The van der Waals surface area contributed by atoms with Crippen molar-refractivity contribution in [1.29, 1.82) is 0 Å². The topological polar surface area (TPSA) is 32.3 Å². The Kier molecular flexibility index (Phi) is 3.67. The van der Waals surface area contributed by atoms with Gasteiger partial charge in [0.25, 0.3) is 0 Å². The Morgan fingerprint density at radius 3 is 2.94 bits per heavy atom. The number of nitrogens with zero attached hydrogens (tertiary/aromatic N) is 1. The van der Waals surface area contributed by atoms with Crippen LogP contribution in [0.5, 0.6) is 0 Å². The number of nitrogens with one attached hydrogen (secondary N) is 1. The van der Waals surface area contributed by atoms with E-state index in [0.29, 0.717) is 12.3 Å². The van der Waals surface area contributed by atoms with Gasteiger partial charge in [0.15, 0.2) is 0 Å². The van der Waals surface area contributed by atoms with Crippen LogP contribution in [0.2, 0.25) is 0 Å². The minimum absolute atomic E-state index is 0.233. The Balaban J connectivity index is 2.25. The number of benzene rings is 1. The molecular weight excluding hydrogens is 212 g/mol. The molecule has 3 heteroatoms. The van der Waals surface area contributed by atoms with Gasteiger partial charge in [-0.05, 0) is 24.5 Å². The summed E-state index contributed by atoms with van der Waals surface area (Å²) in [5.74, 6) is 0.641. The molecule has 3 nitrogen and oxygen atoms in total. The van der Waals surface area contributed by atoms with Gasteiger partial charge in [0, 0.05) is 19.5 Å². The lowest BCUT2D eigenvalue weighted by Gasteiger charge is -2.23. The fourth-order valence-electron chi connectivity index (χ4n) is 2.16. The standard InChI is InChI=1S/C14H20N2O/c1-11(2)10-14(17)16-9-5-8-15-12-6-3-4-7-13(12)16/h3-4,6-7,11,15H,5,8-10H2,1-2H3. The first-order valence-electron chi connectivity index (χ1n) is 6.31. The highest BCUT2D eigenvalue weighted by Gasteiger charge is 2.20. The fourth-order valence-corrected chi connectivity index (χ4v) is 2.16. The van der Waals surface area contributed by atoms with Crippen LogP contribution in [0, 0.1) is 5.92 Å². The number of rotatable bonds is 2. The molecule has 2 rings (SSSR count). The van der Waals surface area contributed by atoms with Gasteiger partial charge in [0.2, 0.25) is 5.91 Å². The number of carbonyl (C=O) groups is 1. The fraction of sp³-hybridized carbons (Fsp3) is 0.500. The van der Waals surface area contributed by atoms with Gasteiger partial charge in [-0.25, -0.2) is 0 Å². The van der Waals surface area contributed by atoms with Crippen LogP contribution in [0.3, 0.4) is 0 Å². The first-order chi connectivity index (χ1) is 8.18. The van der Waals surface area contributed by atoms with Gasteiger partial charge in [0.1, 0.15) is 0 Å². The van der Waals surface area contributed by atoms with Crippen molar-refractivity contribution in [2.45, 2.75) is 26.7 Å². The van der Waals surface area contributed by atoms with E-state index in [1.165, 1.54) is 0 Å². The Hall–Kier alpha value is -1.51. The third-order valence-electron chi connectivity index (χ3n) is 2.95. The minimum atomic E-state index is 0.233. The molecule has 17 heavy (non-hydrogen) atoms. The van der Waals surface area contributed by atoms with Crippen LogP contribution >= 0.6 is 0 Å². The van der Waals surface area contributed by atoms with Crippen LogP contribution in [-0.2, 0) is 4.79 Å². The van der Waals surface area contributed by atoms with Crippen molar-refractivity contribution in [3.63, 3.8) is 0 Å². The molecule has 1 aliphatic rings. The van der Waals surface area contributed by atoms with Gasteiger partial charge in [-0.2, -0.15) is 0 Å². The zero-order valence-corrected chi connectivity index (χ0v) is 10.6. The molecule has 1 aromatic rings. The van der Waals surface area contributed by atoms with Crippen LogP contribution in [0.25, 0.3) is 0 Å². The number of hydrogen-bond donors (Lipinski definition) is 1. The monoisotopic (exact) mass is 232 g/mol. The normalized spacial score (nSPS) is 15.1. The van der Waals surface area contributed by atoms with Crippen molar-refractivity contribution >= 4 is 17.3 Å². The summed E-state index contributed by atoms with van der Waals surface area (Å²) >= 11 is 0. The van der Waals surface area contributed by atoms with Crippen molar-refractivity contribution in [2.75, 3.05) is 23.3 Å². The highest BCUT2D eigenvalue weighted by Crippen LogP contribution is 2.28. The Morgan fingerprint density at radius 1 is 1.41 bits per heavy atom. The number of anilines is 2. The molecule has 0 aromatic heterocycles. The van der Waals surface area contributed by atoms with Gasteiger partial charge in [-0.15, -0.1) is 0 Å². The largest absolute Gasteiger partial charge is 0.383 e. The molecule has 0 saturated carbocycles. The number of para-hydroxylation sites is 2. The van der Waals surface area contributed by atoms with E-state index in [2.05, 4.69) is 19.2 Å². The highest BCUT2D eigenvalue weighted by molar-refractivity contribution is 5.97. The average Bonchev–Trinajstić information content (AvgIpc) is 2.50. The average molecular weight is 232 g/mol. The number of carbonyl (C=O) groups excluding carboxylic acids is 1. The predicted octanol–water partition coefficient (Wildman–Crippen LogP) is 2.88. The molecule has 1 aromatic carbocycles. The zero-order chi connectivity index (χ0) is 12.3. The van der Waals surface area contributed by atoms with E-state index in [9.17, 15) is 4.79 Å². The smallest absolute Gasteiger partial charge is 0.227 e. The molecule has 0 aliphatic carbocycles. The number of amides is 1. The van der Waals surface area contributed by atoms with Crippen molar-refractivity contribution < 1.29 is 4.79 Å². The first-order valence-corrected chi connectivity index (χ1v) is 6.31. The molecule has 0 radical (unpaired) electrons. The van der Waals surface area contributed by atoms with Crippen LogP contribution in [0.1, 0.15) is 26.7 Å². The van der Waals surface area contributed by atoms with E-state index in [-0.39, 0.29) is 5.91 Å². The molecule has 0 atom stereocenters. The second-order valence-corrected chi connectivity index (χ2v) is 4.94. The molecule has 1 N–H and O–H groups in total. The third kappa shape index (κ3) is 2.78. The first kappa shape index (κ1) is 12.0. The minimum Gasteiger partial charge on any atom is -0.383 e. The molecule has 0 saturated heterocycles. The van der Waals surface area contributed by atoms with Crippen molar-refractivity contribution in [1.82, 2.24) is 0 Å². The van der Waals surface area contributed by atoms with Gasteiger partial charge in [-0.1, -0.05) is 26.0 Å². The molecule has 1 aliphatic heterocycles. The summed E-state index contributed by atoms with van der Waals surface area (Å²) in [5, 5.41) is 3.37. The van der Waals surface area contributed by atoms with Gasteiger partial charge in [-0.3, -0.25) is 4.79 Å². The van der Waals surface area contributed by atoms with E-state index in [1.807, 2.05) is 29.2 Å². The van der Waals surface area contributed by atoms with Gasteiger partial charge in [0.05, 0.1) is 11.4 Å². The third-order valence-corrected chi connectivity index (χ3v) is 2.95. The molecule has 0 fully saturated rings. The quantitative estimate of drug-likeness (QED) is 0.850. The Bertz CT molecular complexity index is 401. The van der Waals surface area contributed by atoms with E-state index >= 15 is 0 Å². The molecule has 0 spiro atoms. The lowest BCUT2D eigenvalue weighted by molar-refractivity contribution is -0.119. The maximum atomic E-state index is 12.2. The number of fused-ring (bicyclic) bond motifs is 1. The molecule has 1 heterocycles. The van der Waals surface area contributed by atoms with E-state index < -0.39 is 0 Å². The maximum absolute atomic E-state index is 12.2. The second kappa shape index (κ2) is 5.21. The van der Waals surface area contributed by atoms with E-state index in [4.69, 9.17) is 0 Å². The lowest BCUT2D eigenvalue weighted by atomic mass is 10.1. The summed E-state index contributed by atoms with van der Waals surface area (Å²) in [5.41, 5.74) is 2.10. The van der Waals surface area contributed by atoms with Crippen molar-refractivity contribution in [2.24, 2.45) is 5.92 Å². The second-order valence-electron chi connectivity index (χ2n) is 4.94. The highest BCUT2D eigenvalue weighted by atomic mass is 16.2. The molecule has 0 bridgehead atoms. The molecule has 0 unspecified atom stereocenters. The van der Waals surface area contributed by atoms with E-state index in [1.54, 1.807) is 0 Å². The summed E-state index contributed by atoms with van der Waals surface area (Å²) in [6.07, 6.45) is 1.62. The van der Waals surface area contributed by atoms with E-state index in [0.717, 1.165) is 30.9 Å². The summed E-state index contributed by atoms with van der Waals surface area (Å²) in [7, 11) is 0. The summed E-state index contributed by atoms with van der Waals surface area (Å²) in [6, 6.07) is 8.05. The molecular formula is C14H20N2O. The SMILES string of the molecule is CC(C)CC(=O)N1CCCNc2ccccc21. The van der Waals surface area contributed by atoms with Crippen molar-refractivity contribution in [3.8, 4) is 0 Å². The van der Waals surface area contributed by atoms with Gasteiger partial charge < -0.3 is 10.2 Å². The summed E-state index contributed by atoms with van der Waals surface area (Å²) < 4.78 is 0. The van der Waals surface area contributed by atoms with Crippen molar-refractivity contribution in [3.05, 3.63) is 24.3 Å². The van der Waals surface area contributed by atoms with Crippen LogP contribution in [0.15, 0.2) is 24.3 Å². The summed E-state index contributed by atoms with van der Waals surface area (Å²) in [6.45, 7) is 5.91. The van der Waals surface area contributed by atoms with Crippen LogP contribution < -0.4 is 10.2 Å².